The monoisotopic (exact) mass is 352 g/mol. The van der Waals surface area contributed by atoms with Gasteiger partial charge in [-0.05, 0) is 44.2 Å². The number of furan rings is 1. The number of carbonyl (C=O) groups excluding carboxylic acids is 3. The van der Waals surface area contributed by atoms with Crippen molar-refractivity contribution in [1.82, 2.24) is 10.2 Å². The van der Waals surface area contributed by atoms with Gasteiger partial charge in [-0.1, -0.05) is 6.07 Å². The first-order valence-corrected chi connectivity index (χ1v) is 7.84. The Morgan fingerprint density at radius 2 is 2.12 bits per heavy atom. The smallest absolute Gasteiger partial charge is 0.325 e. The summed E-state index contributed by atoms with van der Waals surface area (Å²) in [6.45, 7) is 2.81. The first-order valence-electron chi connectivity index (χ1n) is 7.84. The lowest BCUT2D eigenvalue weighted by Gasteiger charge is -2.19. The Bertz CT molecular complexity index is 943. The van der Waals surface area contributed by atoms with Gasteiger partial charge >= 0.3 is 6.03 Å². The van der Waals surface area contributed by atoms with Gasteiger partial charge in [0.05, 0.1) is 11.6 Å². The molecule has 132 valence electrons. The zero-order chi connectivity index (χ0) is 18.9. The van der Waals surface area contributed by atoms with Gasteiger partial charge < -0.3 is 15.1 Å². The highest BCUT2D eigenvalue weighted by atomic mass is 16.3. The molecule has 1 aliphatic heterocycles. The molecule has 0 saturated carbocycles. The average Bonchev–Trinajstić information content (AvgIpc) is 3.13. The second-order valence-corrected chi connectivity index (χ2v) is 6.10. The van der Waals surface area contributed by atoms with E-state index in [1.54, 1.807) is 37.3 Å². The molecule has 1 unspecified atom stereocenters. The van der Waals surface area contributed by atoms with Crippen LogP contribution in [0.15, 0.2) is 40.8 Å². The van der Waals surface area contributed by atoms with E-state index >= 15 is 0 Å². The normalized spacial score (nSPS) is 19.2. The predicted octanol–water partition coefficient (Wildman–Crippen LogP) is 1.87. The summed E-state index contributed by atoms with van der Waals surface area (Å²) in [5.74, 6) is -0.212. The Kier molecular flexibility index (Phi) is 4.22. The Morgan fingerprint density at radius 1 is 1.35 bits per heavy atom. The van der Waals surface area contributed by atoms with Crippen molar-refractivity contribution in [3.05, 3.63) is 53.5 Å². The maximum Gasteiger partial charge on any atom is 0.325 e. The van der Waals surface area contributed by atoms with Gasteiger partial charge in [-0.2, -0.15) is 5.26 Å². The van der Waals surface area contributed by atoms with Crippen molar-refractivity contribution in [3.8, 4) is 6.07 Å². The molecular weight excluding hydrogens is 336 g/mol. The van der Waals surface area contributed by atoms with Crippen molar-refractivity contribution >= 4 is 23.5 Å². The van der Waals surface area contributed by atoms with Crippen LogP contribution in [0.5, 0.6) is 0 Å². The average molecular weight is 352 g/mol. The van der Waals surface area contributed by atoms with Gasteiger partial charge in [0, 0.05) is 5.69 Å². The summed E-state index contributed by atoms with van der Waals surface area (Å²) in [5.41, 5.74) is -0.559. The maximum atomic E-state index is 12.7. The summed E-state index contributed by atoms with van der Waals surface area (Å²) in [5, 5.41) is 14.0. The zero-order valence-electron chi connectivity index (χ0n) is 14.2. The standard InChI is InChI=1S/C18H16N4O4/c1-11-6-7-14(26-11)18(2)16(24)22(17(25)21-18)10-15(23)20-13-5-3-4-12(8-13)9-19/h3-8H,10H2,1-2H3,(H,20,23)(H,21,25). The van der Waals surface area contributed by atoms with E-state index in [0.29, 0.717) is 22.8 Å². The summed E-state index contributed by atoms with van der Waals surface area (Å²) in [4.78, 5) is 37.9. The third kappa shape index (κ3) is 3.02. The lowest BCUT2D eigenvalue weighted by Crippen LogP contribution is -2.41. The number of nitrogens with one attached hydrogen (secondary N) is 2. The van der Waals surface area contributed by atoms with E-state index in [0.717, 1.165) is 4.90 Å². The largest absolute Gasteiger partial charge is 0.463 e. The van der Waals surface area contributed by atoms with Crippen LogP contribution in [0.1, 0.15) is 24.0 Å². The van der Waals surface area contributed by atoms with Crippen molar-refractivity contribution in [2.75, 3.05) is 11.9 Å². The van der Waals surface area contributed by atoms with Gasteiger partial charge in [0.15, 0.2) is 5.54 Å². The quantitative estimate of drug-likeness (QED) is 0.815. The minimum atomic E-state index is -1.35. The van der Waals surface area contributed by atoms with Gasteiger partial charge in [-0.3, -0.25) is 14.5 Å². The molecule has 1 aliphatic rings. The van der Waals surface area contributed by atoms with E-state index in [2.05, 4.69) is 10.6 Å². The molecule has 1 atom stereocenters. The van der Waals surface area contributed by atoms with Crippen LogP contribution in [0.25, 0.3) is 0 Å². The van der Waals surface area contributed by atoms with Crippen LogP contribution < -0.4 is 10.6 Å². The fourth-order valence-corrected chi connectivity index (χ4v) is 2.72. The molecule has 1 aromatic carbocycles. The molecule has 1 saturated heterocycles. The second kappa shape index (κ2) is 6.37. The highest BCUT2D eigenvalue weighted by Gasteiger charge is 2.51. The molecule has 2 aromatic rings. The summed E-state index contributed by atoms with van der Waals surface area (Å²) >= 11 is 0. The number of carbonyl (C=O) groups is 3. The van der Waals surface area contributed by atoms with E-state index in [1.807, 2.05) is 6.07 Å². The van der Waals surface area contributed by atoms with Gasteiger partial charge in [0.2, 0.25) is 5.91 Å². The van der Waals surface area contributed by atoms with Gasteiger partial charge in [0.25, 0.3) is 5.91 Å². The fourth-order valence-electron chi connectivity index (χ4n) is 2.72. The number of aryl methyl sites for hydroxylation is 1. The van der Waals surface area contributed by atoms with Crippen LogP contribution in [0.4, 0.5) is 10.5 Å². The molecule has 4 amide bonds. The number of nitrogens with zero attached hydrogens (tertiary/aromatic N) is 2. The number of imide groups is 1. The summed E-state index contributed by atoms with van der Waals surface area (Å²) in [6.07, 6.45) is 0. The summed E-state index contributed by atoms with van der Waals surface area (Å²) in [7, 11) is 0. The predicted molar refractivity (Wildman–Crippen MR) is 90.8 cm³/mol. The molecule has 0 spiro atoms. The molecule has 26 heavy (non-hydrogen) atoms. The molecular formula is C18H16N4O4. The van der Waals surface area contributed by atoms with Crippen molar-refractivity contribution in [1.29, 1.82) is 5.26 Å². The Balaban J connectivity index is 1.73. The van der Waals surface area contributed by atoms with Crippen molar-refractivity contribution in [2.45, 2.75) is 19.4 Å². The fraction of sp³-hybridized carbons (Fsp3) is 0.222. The van der Waals surface area contributed by atoms with Crippen LogP contribution in [0.2, 0.25) is 0 Å². The minimum Gasteiger partial charge on any atom is -0.463 e. The molecule has 2 heterocycles. The molecule has 1 fully saturated rings. The van der Waals surface area contributed by atoms with Crippen molar-refractivity contribution in [3.63, 3.8) is 0 Å². The molecule has 2 N–H and O–H groups in total. The second-order valence-electron chi connectivity index (χ2n) is 6.10. The van der Waals surface area contributed by atoms with E-state index in [-0.39, 0.29) is 0 Å². The number of rotatable bonds is 4. The molecule has 0 radical (unpaired) electrons. The van der Waals surface area contributed by atoms with Gasteiger partial charge in [0.1, 0.15) is 18.1 Å². The maximum absolute atomic E-state index is 12.7. The number of hydrogen-bond donors (Lipinski definition) is 2. The lowest BCUT2D eigenvalue weighted by molar-refractivity contribution is -0.134. The summed E-state index contributed by atoms with van der Waals surface area (Å²) in [6, 6.07) is 10.9. The Labute approximate surface area is 149 Å². The van der Waals surface area contributed by atoms with Crippen LogP contribution >= 0.6 is 0 Å². The highest BCUT2D eigenvalue weighted by molar-refractivity contribution is 6.10. The zero-order valence-corrected chi connectivity index (χ0v) is 14.2. The van der Waals surface area contributed by atoms with Gasteiger partial charge in [-0.25, -0.2) is 4.79 Å². The highest BCUT2D eigenvalue weighted by Crippen LogP contribution is 2.30. The minimum absolute atomic E-state index is 0.304. The topological polar surface area (TPSA) is 115 Å². The van der Waals surface area contributed by atoms with Crippen molar-refractivity contribution < 1.29 is 18.8 Å². The molecule has 3 rings (SSSR count). The summed E-state index contributed by atoms with van der Waals surface area (Å²) < 4.78 is 5.47. The lowest BCUT2D eigenvalue weighted by atomic mass is 9.99. The first-order chi connectivity index (χ1) is 12.3. The van der Waals surface area contributed by atoms with Gasteiger partial charge in [-0.15, -0.1) is 0 Å². The SMILES string of the molecule is Cc1ccc(C2(C)NC(=O)N(CC(=O)Nc3cccc(C#N)c3)C2=O)o1. The van der Waals surface area contributed by atoms with E-state index in [9.17, 15) is 14.4 Å². The van der Waals surface area contributed by atoms with Crippen molar-refractivity contribution in [2.24, 2.45) is 0 Å². The van der Waals surface area contributed by atoms with Crippen LogP contribution in [0, 0.1) is 18.3 Å². The Morgan fingerprint density at radius 3 is 2.77 bits per heavy atom. The number of benzene rings is 1. The van der Waals surface area contributed by atoms with Crippen LogP contribution in [-0.2, 0) is 15.1 Å². The van der Waals surface area contributed by atoms with E-state index in [4.69, 9.17) is 9.68 Å². The third-order valence-electron chi connectivity index (χ3n) is 4.09. The molecule has 8 heteroatoms. The van der Waals surface area contributed by atoms with Crippen LogP contribution in [-0.4, -0.2) is 29.3 Å². The number of anilines is 1. The number of amides is 4. The third-order valence-corrected chi connectivity index (χ3v) is 4.09. The first kappa shape index (κ1) is 17.2. The number of hydrogen-bond acceptors (Lipinski definition) is 5. The van der Waals surface area contributed by atoms with E-state index < -0.39 is 29.9 Å². The van der Waals surface area contributed by atoms with E-state index in [1.165, 1.54) is 13.0 Å². The Hall–Kier alpha value is -3.60. The molecule has 0 aliphatic carbocycles. The number of nitriles is 1. The number of urea groups is 1. The molecule has 0 bridgehead atoms. The van der Waals surface area contributed by atoms with Crippen LogP contribution in [0.3, 0.4) is 0 Å². The molecule has 1 aromatic heterocycles. The molecule has 8 nitrogen and oxygen atoms in total.